The lowest BCUT2D eigenvalue weighted by molar-refractivity contribution is 0.151. The molecule has 4 rings (SSSR count). The molecular weight excluding hydrogens is 372 g/mol. The quantitative estimate of drug-likeness (QED) is 0.271. The fourth-order valence-corrected chi connectivity index (χ4v) is 3.43. The first-order valence-electron chi connectivity index (χ1n) is 9.83. The van der Waals surface area contributed by atoms with Crippen LogP contribution in [0.1, 0.15) is 11.1 Å². The molecule has 3 heteroatoms. The highest BCUT2D eigenvalue weighted by molar-refractivity contribution is 5.90. The second-order valence-corrected chi connectivity index (χ2v) is 7.09. The van der Waals surface area contributed by atoms with Gasteiger partial charge >= 0.3 is 6.16 Å². The molecule has 0 aliphatic rings. The van der Waals surface area contributed by atoms with Crippen LogP contribution in [0.4, 0.5) is 4.79 Å². The Labute approximate surface area is 176 Å². The van der Waals surface area contributed by atoms with E-state index in [1.54, 1.807) is 6.07 Å². The second-order valence-electron chi connectivity index (χ2n) is 7.09. The predicted molar refractivity (Wildman–Crippen MR) is 120 cm³/mol. The van der Waals surface area contributed by atoms with Gasteiger partial charge < -0.3 is 9.47 Å². The Morgan fingerprint density at radius 3 is 1.87 bits per heavy atom. The largest absolute Gasteiger partial charge is 0.519 e. The third-order valence-corrected chi connectivity index (χ3v) is 4.97. The topological polar surface area (TPSA) is 35.5 Å². The Kier molecular flexibility index (Phi) is 5.62. The zero-order valence-corrected chi connectivity index (χ0v) is 17.0. The predicted octanol–water partition coefficient (Wildman–Crippen LogP) is 7.22. The number of carbonyl (C=O) groups is 1. The summed E-state index contributed by atoms with van der Waals surface area (Å²) >= 11 is 0. The van der Waals surface area contributed by atoms with Crippen LogP contribution >= 0.6 is 0 Å². The fraction of sp³-hybridized carbons (Fsp3) is 0.0741. The molecule has 3 nitrogen and oxygen atoms in total. The summed E-state index contributed by atoms with van der Waals surface area (Å²) in [6, 6.07) is 31.4. The third-order valence-electron chi connectivity index (χ3n) is 4.97. The summed E-state index contributed by atoms with van der Waals surface area (Å²) in [5.74, 6) is 0.988. The van der Waals surface area contributed by atoms with Crippen molar-refractivity contribution in [3.8, 4) is 33.8 Å². The van der Waals surface area contributed by atoms with Gasteiger partial charge in [-0.05, 0) is 47.7 Å². The minimum atomic E-state index is -0.755. The average Bonchev–Trinajstić information content (AvgIpc) is 2.78. The van der Waals surface area contributed by atoms with Crippen LogP contribution in [0, 0.1) is 13.8 Å². The molecule has 0 N–H and O–H groups in total. The number of hydrogen-bond acceptors (Lipinski definition) is 3. The lowest BCUT2D eigenvalue weighted by Gasteiger charge is -2.18. The van der Waals surface area contributed by atoms with Crippen molar-refractivity contribution < 1.29 is 14.3 Å². The Bertz CT molecular complexity index is 1170. The van der Waals surface area contributed by atoms with Gasteiger partial charge in [-0.2, -0.15) is 0 Å². The maximum atomic E-state index is 12.7. The van der Waals surface area contributed by atoms with E-state index in [2.05, 4.69) is 6.07 Å². The van der Waals surface area contributed by atoms with Crippen molar-refractivity contribution in [1.29, 1.82) is 0 Å². The molecule has 0 amide bonds. The first kappa shape index (κ1) is 19.5. The first-order valence-corrected chi connectivity index (χ1v) is 9.83. The van der Waals surface area contributed by atoms with E-state index >= 15 is 0 Å². The van der Waals surface area contributed by atoms with Crippen molar-refractivity contribution >= 4 is 6.16 Å². The van der Waals surface area contributed by atoms with E-state index in [1.807, 2.05) is 98.8 Å². The second kappa shape index (κ2) is 8.66. The number of para-hydroxylation sites is 1. The van der Waals surface area contributed by atoms with Gasteiger partial charge in [0.15, 0.2) is 0 Å². The molecule has 0 aliphatic heterocycles. The number of ether oxygens (including phenoxy) is 2. The SMILES string of the molecule is Cc1ccccc1OC(=O)Oc1c(C)ccc(-c2ccccc2)c1-c1ccccc1. The van der Waals surface area contributed by atoms with Crippen molar-refractivity contribution in [2.45, 2.75) is 13.8 Å². The molecule has 0 bridgehead atoms. The molecule has 0 fully saturated rings. The fourth-order valence-electron chi connectivity index (χ4n) is 3.43. The molecule has 148 valence electrons. The van der Waals surface area contributed by atoms with E-state index in [0.717, 1.165) is 33.4 Å². The van der Waals surface area contributed by atoms with Crippen LogP contribution in [0.2, 0.25) is 0 Å². The van der Waals surface area contributed by atoms with Gasteiger partial charge in [0.2, 0.25) is 0 Å². The van der Waals surface area contributed by atoms with Gasteiger partial charge in [0, 0.05) is 5.56 Å². The summed E-state index contributed by atoms with van der Waals surface area (Å²) in [7, 11) is 0. The van der Waals surface area contributed by atoms with Gasteiger partial charge in [-0.15, -0.1) is 0 Å². The maximum Gasteiger partial charge on any atom is 0.519 e. The Morgan fingerprint density at radius 1 is 0.600 bits per heavy atom. The van der Waals surface area contributed by atoms with Gasteiger partial charge in [0.25, 0.3) is 0 Å². The average molecular weight is 394 g/mol. The van der Waals surface area contributed by atoms with Gasteiger partial charge in [-0.3, -0.25) is 0 Å². The molecule has 0 saturated heterocycles. The smallest absolute Gasteiger partial charge is 0.394 e. The molecule has 0 aromatic heterocycles. The molecule has 0 atom stereocenters. The van der Waals surface area contributed by atoms with Crippen LogP contribution < -0.4 is 9.47 Å². The zero-order valence-electron chi connectivity index (χ0n) is 17.0. The number of hydrogen-bond donors (Lipinski definition) is 0. The molecule has 0 aliphatic carbocycles. The van der Waals surface area contributed by atoms with E-state index in [4.69, 9.17) is 9.47 Å². The van der Waals surface area contributed by atoms with Crippen LogP contribution in [-0.2, 0) is 0 Å². The number of rotatable bonds is 4. The van der Waals surface area contributed by atoms with E-state index < -0.39 is 6.16 Å². The summed E-state index contributed by atoms with van der Waals surface area (Å²) in [4.78, 5) is 12.7. The molecule has 4 aromatic carbocycles. The van der Waals surface area contributed by atoms with E-state index in [-0.39, 0.29) is 0 Å². The zero-order chi connectivity index (χ0) is 20.9. The summed E-state index contributed by atoms with van der Waals surface area (Å²) in [5.41, 5.74) is 5.60. The monoisotopic (exact) mass is 394 g/mol. The van der Waals surface area contributed by atoms with Crippen LogP contribution in [-0.4, -0.2) is 6.16 Å². The van der Waals surface area contributed by atoms with Crippen molar-refractivity contribution in [3.05, 3.63) is 108 Å². The first-order chi connectivity index (χ1) is 14.6. The Balaban J connectivity index is 1.79. The summed E-state index contributed by atoms with van der Waals surface area (Å²) < 4.78 is 11.3. The van der Waals surface area contributed by atoms with Crippen molar-refractivity contribution in [3.63, 3.8) is 0 Å². The molecule has 4 aromatic rings. The maximum absolute atomic E-state index is 12.7. The molecular formula is C27H22O3. The molecule has 0 saturated carbocycles. The number of aryl methyl sites for hydroxylation is 2. The van der Waals surface area contributed by atoms with Crippen LogP contribution in [0.15, 0.2) is 97.1 Å². The summed E-state index contributed by atoms with van der Waals surface area (Å²) in [5, 5.41) is 0. The van der Waals surface area contributed by atoms with Gasteiger partial charge in [0.05, 0.1) is 0 Å². The van der Waals surface area contributed by atoms with Crippen LogP contribution in [0.5, 0.6) is 11.5 Å². The van der Waals surface area contributed by atoms with E-state index in [1.165, 1.54) is 0 Å². The third kappa shape index (κ3) is 4.11. The van der Waals surface area contributed by atoms with Crippen LogP contribution in [0.3, 0.4) is 0 Å². The minimum absolute atomic E-state index is 0.487. The summed E-state index contributed by atoms with van der Waals surface area (Å²) in [6.07, 6.45) is -0.755. The van der Waals surface area contributed by atoms with Crippen LogP contribution in [0.25, 0.3) is 22.3 Å². The standard InChI is InChI=1S/C27H22O3/c1-19-11-9-10-16-24(19)29-27(28)30-26-20(2)17-18-23(21-12-5-3-6-13-21)25(26)22-14-7-4-8-15-22/h3-18H,1-2H3. The Hall–Kier alpha value is -3.85. The van der Waals surface area contributed by atoms with Crippen molar-refractivity contribution in [2.75, 3.05) is 0 Å². The molecule has 0 radical (unpaired) electrons. The highest BCUT2D eigenvalue weighted by Gasteiger charge is 2.20. The number of benzene rings is 4. The van der Waals surface area contributed by atoms with Gasteiger partial charge in [-0.25, -0.2) is 4.79 Å². The summed E-state index contributed by atoms with van der Waals surface area (Å²) in [6.45, 7) is 3.82. The van der Waals surface area contributed by atoms with E-state index in [0.29, 0.717) is 11.5 Å². The van der Waals surface area contributed by atoms with E-state index in [9.17, 15) is 4.79 Å². The number of carbonyl (C=O) groups excluding carboxylic acids is 1. The minimum Gasteiger partial charge on any atom is -0.394 e. The molecule has 30 heavy (non-hydrogen) atoms. The van der Waals surface area contributed by atoms with Gasteiger partial charge in [0.1, 0.15) is 11.5 Å². The van der Waals surface area contributed by atoms with Crippen molar-refractivity contribution in [2.24, 2.45) is 0 Å². The lowest BCUT2D eigenvalue weighted by atomic mass is 9.92. The molecule has 0 spiro atoms. The lowest BCUT2D eigenvalue weighted by Crippen LogP contribution is -2.15. The highest BCUT2D eigenvalue weighted by atomic mass is 16.7. The normalized spacial score (nSPS) is 10.5. The highest BCUT2D eigenvalue weighted by Crippen LogP contribution is 2.41. The molecule has 0 unspecified atom stereocenters. The Morgan fingerprint density at radius 2 is 1.20 bits per heavy atom. The molecule has 0 heterocycles. The van der Waals surface area contributed by atoms with Crippen molar-refractivity contribution in [1.82, 2.24) is 0 Å². The van der Waals surface area contributed by atoms with Gasteiger partial charge in [-0.1, -0.05) is 91.0 Å².